The number of nitrogens with two attached hydrogens (primary N) is 1. The molecule has 6 atom stereocenters. The van der Waals surface area contributed by atoms with Crippen molar-refractivity contribution in [3.63, 3.8) is 0 Å². The molecule has 2 saturated carbocycles. The van der Waals surface area contributed by atoms with Crippen LogP contribution >= 0.6 is 0 Å². The summed E-state index contributed by atoms with van der Waals surface area (Å²) in [5.41, 5.74) is 7.63. The van der Waals surface area contributed by atoms with E-state index in [1.165, 1.54) is 37.9 Å². The maximum Gasteiger partial charge on any atom is 0.309 e. The monoisotopic (exact) mass is 423 g/mol. The van der Waals surface area contributed by atoms with Gasteiger partial charge in [-0.05, 0) is 85.4 Å². The third-order valence-electron chi connectivity index (χ3n) is 8.06. The fraction of sp³-hybridized carbons (Fsp3) is 0.519. The van der Waals surface area contributed by atoms with Gasteiger partial charge in [0.05, 0.1) is 5.92 Å². The molecule has 0 radical (unpaired) electrons. The molecule has 3 fully saturated rings. The molecular formula is C27H34FNO2. The summed E-state index contributed by atoms with van der Waals surface area (Å²) >= 11 is 0. The number of benzene rings is 1. The van der Waals surface area contributed by atoms with Crippen molar-refractivity contribution < 1.29 is 13.9 Å². The lowest BCUT2D eigenvalue weighted by atomic mass is 9.49. The van der Waals surface area contributed by atoms with Crippen LogP contribution in [0.1, 0.15) is 57.9 Å². The van der Waals surface area contributed by atoms with E-state index in [1.807, 2.05) is 12.1 Å². The van der Waals surface area contributed by atoms with Crippen molar-refractivity contribution in [2.24, 2.45) is 34.8 Å². The molecule has 2 unspecified atom stereocenters. The Morgan fingerprint density at radius 3 is 2.97 bits per heavy atom. The number of hydrogen-bond acceptors (Lipinski definition) is 3. The van der Waals surface area contributed by atoms with Crippen molar-refractivity contribution in [1.82, 2.24) is 0 Å². The Labute approximate surface area is 185 Å². The molecule has 0 bridgehead atoms. The first-order chi connectivity index (χ1) is 14.9. The zero-order valence-corrected chi connectivity index (χ0v) is 18.6. The first-order valence-electron chi connectivity index (χ1n) is 11.6. The number of allylic oxidation sites excluding steroid dienone is 5. The third-order valence-corrected chi connectivity index (χ3v) is 8.06. The SMILES string of the molecule is C[C@H]1OC(=O)C2C[C@@H]3CCCCC3(C)[C@H](/C=C/C/C(=C\C=C/N)c3cccc(F)c3)[C@@H]21. The molecule has 1 aromatic carbocycles. The molecule has 3 aliphatic rings. The lowest BCUT2D eigenvalue weighted by Gasteiger charge is -2.53. The molecule has 1 aromatic rings. The lowest BCUT2D eigenvalue weighted by molar-refractivity contribution is -0.144. The topological polar surface area (TPSA) is 52.3 Å². The van der Waals surface area contributed by atoms with E-state index in [9.17, 15) is 9.18 Å². The van der Waals surface area contributed by atoms with Gasteiger partial charge in [0.2, 0.25) is 0 Å². The summed E-state index contributed by atoms with van der Waals surface area (Å²) in [6.45, 7) is 4.48. The van der Waals surface area contributed by atoms with Crippen LogP contribution in [0, 0.1) is 34.9 Å². The van der Waals surface area contributed by atoms with Gasteiger partial charge in [-0.25, -0.2) is 4.39 Å². The third kappa shape index (κ3) is 4.22. The van der Waals surface area contributed by atoms with E-state index < -0.39 is 0 Å². The van der Waals surface area contributed by atoms with Crippen molar-refractivity contribution in [3.8, 4) is 0 Å². The summed E-state index contributed by atoms with van der Waals surface area (Å²) < 4.78 is 19.5. The van der Waals surface area contributed by atoms with Crippen LogP contribution in [0.3, 0.4) is 0 Å². The van der Waals surface area contributed by atoms with Crippen LogP contribution in [0.5, 0.6) is 0 Å². The summed E-state index contributed by atoms with van der Waals surface area (Å²) in [4.78, 5) is 12.6. The Kier molecular flexibility index (Phi) is 6.36. The second kappa shape index (κ2) is 9.02. The molecule has 0 spiro atoms. The zero-order valence-electron chi connectivity index (χ0n) is 18.6. The molecule has 1 aliphatic heterocycles. The summed E-state index contributed by atoms with van der Waals surface area (Å²) in [7, 11) is 0. The highest BCUT2D eigenvalue weighted by atomic mass is 19.1. The van der Waals surface area contributed by atoms with E-state index in [0.717, 1.165) is 17.6 Å². The van der Waals surface area contributed by atoms with Crippen LogP contribution in [-0.4, -0.2) is 12.1 Å². The van der Waals surface area contributed by atoms with E-state index in [4.69, 9.17) is 10.5 Å². The largest absolute Gasteiger partial charge is 0.462 e. The van der Waals surface area contributed by atoms with Crippen LogP contribution in [0.4, 0.5) is 4.39 Å². The highest BCUT2D eigenvalue weighted by Gasteiger charge is 2.58. The fourth-order valence-electron chi connectivity index (χ4n) is 6.46. The Morgan fingerprint density at radius 2 is 2.19 bits per heavy atom. The maximum atomic E-state index is 13.8. The van der Waals surface area contributed by atoms with Crippen molar-refractivity contribution in [3.05, 3.63) is 66.2 Å². The van der Waals surface area contributed by atoms with Crippen molar-refractivity contribution in [1.29, 1.82) is 0 Å². The molecular weight excluding hydrogens is 389 g/mol. The Hall–Kier alpha value is -2.36. The number of esters is 1. The summed E-state index contributed by atoms with van der Waals surface area (Å²) in [5, 5.41) is 0. The number of fused-ring (bicyclic) bond motifs is 2. The fourth-order valence-corrected chi connectivity index (χ4v) is 6.46. The minimum atomic E-state index is -0.243. The van der Waals surface area contributed by atoms with Gasteiger partial charge in [-0.2, -0.15) is 0 Å². The second-order valence-electron chi connectivity index (χ2n) is 9.76. The molecule has 1 heterocycles. The number of hydrogen-bond donors (Lipinski definition) is 1. The molecule has 4 heteroatoms. The highest BCUT2D eigenvalue weighted by Crippen LogP contribution is 2.60. The van der Waals surface area contributed by atoms with E-state index in [-0.39, 0.29) is 35.1 Å². The van der Waals surface area contributed by atoms with Gasteiger partial charge in [0.15, 0.2) is 0 Å². The van der Waals surface area contributed by atoms with Gasteiger partial charge in [-0.15, -0.1) is 0 Å². The Balaban J connectivity index is 1.62. The quantitative estimate of drug-likeness (QED) is 0.358. The molecule has 3 nitrogen and oxygen atoms in total. The number of cyclic esters (lactones) is 1. The van der Waals surface area contributed by atoms with Gasteiger partial charge < -0.3 is 10.5 Å². The van der Waals surface area contributed by atoms with Crippen molar-refractivity contribution in [2.75, 3.05) is 0 Å². The van der Waals surface area contributed by atoms with Gasteiger partial charge in [-0.1, -0.05) is 50.1 Å². The molecule has 2 aliphatic carbocycles. The zero-order chi connectivity index (χ0) is 22.0. The molecule has 4 rings (SSSR count). The van der Waals surface area contributed by atoms with Gasteiger partial charge in [-0.3, -0.25) is 4.79 Å². The summed E-state index contributed by atoms with van der Waals surface area (Å²) in [6, 6.07) is 6.68. The van der Waals surface area contributed by atoms with Crippen LogP contribution in [-0.2, 0) is 9.53 Å². The molecule has 31 heavy (non-hydrogen) atoms. The normalized spacial score (nSPS) is 35.9. The van der Waals surface area contributed by atoms with Crippen LogP contribution in [0.25, 0.3) is 5.57 Å². The molecule has 166 valence electrons. The standard InChI is InChI=1S/C27H34FNO2/c1-18-25-23(26(30)31-18)17-21-11-3-4-14-27(21,2)24(25)13-6-8-19(10-7-15-29)20-9-5-12-22(28)16-20/h5-7,9-10,12-13,15-16,18,21,23-25H,3-4,8,11,14,17,29H2,1-2H3/b13-6+,15-7-,19-10+/t18-,21+,23?,24-,25-,27?/m1/s1. The number of carbonyl (C=O) groups excluding carboxylic acids is 1. The van der Waals surface area contributed by atoms with Crippen molar-refractivity contribution in [2.45, 2.75) is 58.5 Å². The number of halogens is 1. The number of rotatable bonds is 5. The summed E-state index contributed by atoms with van der Waals surface area (Å²) in [6.07, 6.45) is 16.3. The van der Waals surface area contributed by atoms with Crippen LogP contribution < -0.4 is 5.73 Å². The van der Waals surface area contributed by atoms with E-state index in [0.29, 0.717) is 18.3 Å². The van der Waals surface area contributed by atoms with Crippen molar-refractivity contribution >= 4 is 11.5 Å². The predicted octanol–water partition coefficient (Wildman–Crippen LogP) is 6.02. The predicted molar refractivity (Wildman–Crippen MR) is 122 cm³/mol. The Bertz CT molecular complexity index is 904. The highest BCUT2D eigenvalue weighted by molar-refractivity contribution is 5.75. The molecule has 0 aromatic heterocycles. The second-order valence-corrected chi connectivity index (χ2v) is 9.76. The number of ether oxygens (including phenoxy) is 1. The molecule has 0 amide bonds. The average Bonchev–Trinajstić information content (AvgIpc) is 3.03. The first-order valence-corrected chi connectivity index (χ1v) is 11.6. The van der Waals surface area contributed by atoms with E-state index in [2.05, 4.69) is 26.0 Å². The van der Waals surface area contributed by atoms with E-state index in [1.54, 1.807) is 18.2 Å². The summed E-state index contributed by atoms with van der Waals surface area (Å²) in [5.74, 6) is 0.919. The lowest BCUT2D eigenvalue weighted by Crippen LogP contribution is -2.49. The van der Waals surface area contributed by atoms with Crippen LogP contribution in [0.15, 0.2) is 54.8 Å². The molecule has 2 N–H and O–H groups in total. The molecule has 1 saturated heterocycles. The van der Waals surface area contributed by atoms with Crippen LogP contribution in [0.2, 0.25) is 0 Å². The minimum Gasteiger partial charge on any atom is -0.462 e. The average molecular weight is 424 g/mol. The van der Waals surface area contributed by atoms with Gasteiger partial charge in [0.1, 0.15) is 11.9 Å². The maximum absolute atomic E-state index is 13.8. The number of carbonyl (C=O) groups is 1. The first kappa shape index (κ1) is 21.9. The minimum absolute atomic E-state index is 0.00282. The van der Waals surface area contributed by atoms with Gasteiger partial charge in [0, 0.05) is 5.92 Å². The Morgan fingerprint density at radius 1 is 1.35 bits per heavy atom. The smallest absolute Gasteiger partial charge is 0.309 e. The van der Waals surface area contributed by atoms with E-state index >= 15 is 0 Å². The van der Waals surface area contributed by atoms with Gasteiger partial charge in [0.25, 0.3) is 0 Å². The van der Waals surface area contributed by atoms with Gasteiger partial charge >= 0.3 is 5.97 Å².